The summed E-state index contributed by atoms with van der Waals surface area (Å²) in [5.74, 6) is 0.771. The number of amides is 1. The third-order valence-electron chi connectivity index (χ3n) is 3.57. The van der Waals surface area contributed by atoms with Gasteiger partial charge in [-0.2, -0.15) is 0 Å². The standard InChI is InChI=1S/C15H17NO3/c17-13-5-1-4-12-11(13)3-2-6-14(12)19-9-15(18)16-10-7-8-10/h2-3,6,10H,1,4-5,7-9H2,(H,16,18). The highest BCUT2D eigenvalue weighted by Gasteiger charge is 2.24. The number of carbonyl (C=O) groups is 2. The van der Waals surface area contributed by atoms with E-state index in [2.05, 4.69) is 5.32 Å². The molecular weight excluding hydrogens is 242 g/mol. The summed E-state index contributed by atoms with van der Waals surface area (Å²) in [7, 11) is 0. The molecule has 0 spiro atoms. The third-order valence-corrected chi connectivity index (χ3v) is 3.57. The van der Waals surface area contributed by atoms with E-state index in [-0.39, 0.29) is 18.3 Å². The molecule has 1 saturated carbocycles. The predicted octanol–water partition coefficient (Wildman–Crippen LogP) is 1.86. The molecule has 1 aromatic carbocycles. The molecule has 3 rings (SSSR count). The first kappa shape index (κ1) is 12.2. The van der Waals surface area contributed by atoms with Gasteiger partial charge >= 0.3 is 0 Å². The predicted molar refractivity (Wildman–Crippen MR) is 70.4 cm³/mol. The highest BCUT2D eigenvalue weighted by molar-refractivity contribution is 5.99. The van der Waals surface area contributed by atoms with Gasteiger partial charge in [0.25, 0.3) is 5.91 Å². The number of ketones is 1. The lowest BCUT2D eigenvalue weighted by atomic mass is 9.90. The smallest absolute Gasteiger partial charge is 0.258 e. The molecular formula is C15H17NO3. The van der Waals surface area contributed by atoms with Crippen molar-refractivity contribution in [1.82, 2.24) is 5.32 Å². The molecule has 4 nitrogen and oxygen atoms in total. The van der Waals surface area contributed by atoms with Crippen molar-refractivity contribution in [2.75, 3.05) is 6.61 Å². The van der Waals surface area contributed by atoms with Crippen molar-refractivity contribution in [3.63, 3.8) is 0 Å². The maximum atomic E-state index is 11.8. The van der Waals surface area contributed by atoms with Crippen molar-refractivity contribution in [2.24, 2.45) is 0 Å². The van der Waals surface area contributed by atoms with Crippen LogP contribution in [0.15, 0.2) is 18.2 Å². The van der Waals surface area contributed by atoms with Crippen molar-refractivity contribution < 1.29 is 14.3 Å². The lowest BCUT2D eigenvalue weighted by Crippen LogP contribution is -2.30. The Balaban J connectivity index is 1.68. The van der Waals surface area contributed by atoms with Crippen LogP contribution in [-0.4, -0.2) is 24.3 Å². The van der Waals surface area contributed by atoms with Gasteiger partial charge in [0.1, 0.15) is 5.75 Å². The molecule has 1 fully saturated rings. The maximum absolute atomic E-state index is 11.8. The van der Waals surface area contributed by atoms with Crippen LogP contribution in [0.1, 0.15) is 41.6 Å². The summed E-state index contributed by atoms with van der Waals surface area (Å²) in [6, 6.07) is 5.84. The number of hydrogen-bond donors (Lipinski definition) is 1. The first-order valence-corrected chi connectivity index (χ1v) is 6.81. The fraction of sp³-hybridized carbons (Fsp3) is 0.467. The van der Waals surface area contributed by atoms with Crippen molar-refractivity contribution in [2.45, 2.75) is 38.1 Å². The van der Waals surface area contributed by atoms with Crippen LogP contribution in [0.2, 0.25) is 0 Å². The Hall–Kier alpha value is -1.84. The number of rotatable bonds is 4. The van der Waals surface area contributed by atoms with E-state index in [9.17, 15) is 9.59 Å². The van der Waals surface area contributed by atoms with Crippen LogP contribution < -0.4 is 10.1 Å². The van der Waals surface area contributed by atoms with Crippen LogP contribution in [0.3, 0.4) is 0 Å². The second-order valence-corrected chi connectivity index (χ2v) is 5.19. The molecule has 1 aromatic rings. The average Bonchev–Trinajstić information content (AvgIpc) is 3.21. The van der Waals surface area contributed by atoms with Crippen LogP contribution in [0.25, 0.3) is 0 Å². The summed E-state index contributed by atoms with van der Waals surface area (Å²) < 4.78 is 5.58. The van der Waals surface area contributed by atoms with E-state index in [1.165, 1.54) is 0 Å². The third kappa shape index (κ3) is 2.78. The molecule has 0 unspecified atom stereocenters. The summed E-state index contributed by atoms with van der Waals surface area (Å²) in [6.45, 7) is 0.0289. The van der Waals surface area contributed by atoms with E-state index in [4.69, 9.17) is 4.74 Å². The van der Waals surface area contributed by atoms with Gasteiger partial charge in [-0.15, -0.1) is 0 Å². The molecule has 0 radical (unpaired) electrons. The Bertz CT molecular complexity index is 520. The van der Waals surface area contributed by atoms with Crippen molar-refractivity contribution >= 4 is 11.7 Å². The molecule has 100 valence electrons. The molecule has 0 atom stereocenters. The quantitative estimate of drug-likeness (QED) is 0.898. The van der Waals surface area contributed by atoms with Crippen LogP contribution in [0.4, 0.5) is 0 Å². The van der Waals surface area contributed by atoms with Crippen LogP contribution in [0.5, 0.6) is 5.75 Å². The Labute approximate surface area is 112 Å². The molecule has 0 saturated heterocycles. The first-order chi connectivity index (χ1) is 9.24. The Morgan fingerprint density at radius 3 is 2.95 bits per heavy atom. The highest BCUT2D eigenvalue weighted by atomic mass is 16.5. The summed E-state index contributed by atoms with van der Waals surface area (Å²) in [6.07, 6.45) is 4.46. The van der Waals surface area contributed by atoms with E-state index in [1.807, 2.05) is 18.2 Å². The fourth-order valence-corrected chi connectivity index (χ4v) is 2.42. The maximum Gasteiger partial charge on any atom is 0.258 e. The number of Topliss-reactive ketones (excluding diaryl/α,β-unsaturated/α-hetero) is 1. The van der Waals surface area contributed by atoms with Crippen molar-refractivity contribution in [3.8, 4) is 5.75 Å². The molecule has 2 aliphatic carbocycles. The topological polar surface area (TPSA) is 55.4 Å². The largest absolute Gasteiger partial charge is 0.483 e. The molecule has 4 heteroatoms. The second-order valence-electron chi connectivity index (χ2n) is 5.19. The van der Waals surface area contributed by atoms with E-state index in [1.54, 1.807) is 0 Å². The minimum atomic E-state index is -0.0813. The highest BCUT2D eigenvalue weighted by Crippen LogP contribution is 2.29. The van der Waals surface area contributed by atoms with Gasteiger partial charge in [0.05, 0.1) is 0 Å². The van der Waals surface area contributed by atoms with Crippen molar-refractivity contribution in [3.05, 3.63) is 29.3 Å². The lowest BCUT2D eigenvalue weighted by Gasteiger charge is -2.18. The van der Waals surface area contributed by atoms with Crippen LogP contribution >= 0.6 is 0 Å². The van der Waals surface area contributed by atoms with Gasteiger partial charge in [0.15, 0.2) is 12.4 Å². The normalized spacial score (nSPS) is 17.8. The average molecular weight is 259 g/mol. The van der Waals surface area contributed by atoms with Crippen LogP contribution in [-0.2, 0) is 11.2 Å². The Morgan fingerprint density at radius 2 is 2.16 bits per heavy atom. The number of hydrogen-bond acceptors (Lipinski definition) is 3. The molecule has 0 heterocycles. The molecule has 19 heavy (non-hydrogen) atoms. The second kappa shape index (κ2) is 5.03. The van der Waals surface area contributed by atoms with Gasteiger partial charge in [-0.05, 0) is 31.7 Å². The first-order valence-electron chi connectivity index (χ1n) is 6.81. The van der Waals surface area contributed by atoms with E-state index >= 15 is 0 Å². The summed E-state index contributed by atoms with van der Waals surface area (Å²) in [5.41, 5.74) is 1.71. The van der Waals surface area contributed by atoms with E-state index in [0.29, 0.717) is 18.2 Å². The van der Waals surface area contributed by atoms with Crippen LogP contribution in [0, 0.1) is 0 Å². The molecule has 0 aliphatic heterocycles. The summed E-state index contributed by atoms with van der Waals surface area (Å²) in [4.78, 5) is 23.4. The van der Waals surface area contributed by atoms with E-state index in [0.717, 1.165) is 36.8 Å². The molecule has 1 N–H and O–H groups in total. The minimum absolute atomic E-state index is 0.0289. The molecule has 1 amide bonds. The molecule has 0 aromatic heterocycles. The number of benzene rings is 1. The van der Waals surface area contributed by atoms with Gasteiger partial charge in [-0.1, -0.05) is 12.1 Å². The minimum Gasteiger partial charge on any atom is -0.483 e. The zero-order valence-corrected chi connectivity index (χ0v) is 10.8. The number of fused-ring (bicyclic) bond motifs is 1. The zero-order valence-electron chi connectivity index (χ0n) is 10.8. The van der Waals surface area contributed by atoms with Gasteiger partial charge in [-0.25, -0.2) is 0 Å². The zero-order chi connectivity index (χ0) is 13.2. The van der Waals surface area contributed by atoms with Gasteiger partial charge in [0, 0.05) is 23.6 Å². The molecule has 2 aliphatic rings. The Morgan fingerprint density at radius 1 is 1.32 bits per heavy atom. The number of nitrogens with one attached hydrogen (secondary N) is 1. The number of carbonyl (C=O) groups excluding carboxylic acids is 2. The fourth-order valence-electron chi connectivity index (χ4n) is 2.42. The monoisotopic (exact) mass is 259 g/mol. The lowest BCUT2D eigenvalue weighted by molar-refractivity contribution is -0.123. The van der Waals surface area contributed by atoms with Gasteiger partial charge in [-0.3, -0.25) is 9.59 Å². The Kier molecular flexibility index (Phi) is 3.23. The van der Waals surface area contributed by atoms with Crippen molar-refractivity contribution in [1.29, 1.82) is 0 Å². The number of ether oxygens (including phenoxy) is 1. The van der Waals surface area contributed by atoms with E-state index < -0.39 is 0 Å². The summed E-state index contributed by atoms with van der Waals surface area (Å²) >= 11 is 0. The molecule has 0 bridgehead atoms. The van der Waals surface area contributed by atoms with Gasteiger partial charge < -0.3 is 10.1 Å². The van der Waals surface area contributed by atoms with Gasteiger partial charge in [0.2, 0.25) is 0 Å². The summed E-state index contributed by atoms with van der Waals surface area (Å²) in [5, 5.41) is 2.88. The SMILES string of the molecule is O=C(COc1cccc2c1CCCC2=O)NC1CC1.